The summed E-state index contributed by atoms with van der Waals surface area (Å²) >= 11 is 2.99. The first-order valence-corrected chi connectivity index (χ1v) is 4.65. The van der Waals surface area contributed by atoms with Gasteiger partial charge >= 0.3 is 6.36 Å². The van der Waals surface area contributed by atoms with Gasteiger partial charge in [-0.25, -0.2) is 0 Å². The second-order valence-electron chi connectivity index (χ2n) is 2.74. The zero-order valence-electron chi connectivity index (χ0n) is 7.56. The number of ketones is 1. The Morgan fingerprint density at radius 3 is 2.47 bits per heavy atom. The van der Waals surface area contributed by atoms with Crippen molar-refractivity contribution in [2.75, 3.05) is 0 Å². The van der Waals surface area contributed by atoms with Crippen LogP contribution < -0.4 is 4.74 Å². The first-order valence-electron chi connectivity index (χ1n) is 3.86. The molecule has 6 heteroatoms. The lowest BCUT2D eigenvalue weighted by molar-refractivity contribution is -0.274. The van der Waals surface area contributed by atoms with E-state index in [4.69, 9.17) is 0 Å². The summed E-state index contributed by atoms with van der Waals surface area (Å²) in [6, 6.07) is 3.84. The molecule has 0 saturated carbocycles. The van der Waals surface area contributed by atoms with Crippen molar-refractivity contribution in [1.82, 2.24) is 0 Å². The first kappa shape index (κ1) is 12.0. The van der Waals surface area contributed by atoms with Crippen molar-refractivity contribution in [1.29, 1.82) is 0 Å². The molecule has 0 heterocycles. The van der Waals surface area contributed by atoms with Gasteiger partial charge in [-0.15, -0.1) is 13.2 Å². The number of hydrogen-bond donors (Lipinski definition) is 0. The fourth-order valence-electron chi connectivity index (χ4n) is 0.996. The Labute approximate surface area is 92.2 Å². The van der Waals surface area contributed by atoms with Crippen LogP contribution in [0.2, 0.25) is 0 Å². The minimum absolute atomic E-state index is 0.101. The lowest BCUT2D eigenvalue weighted by Gasteiger charge is -2.11. The van der Waals surface area contributed by atoms with Crippen LogP contribution in [0.15, 0.2) is 22.7 Å². The van der Waals surface area contributed by atoms with E-state index in [0.29, 0.717) is 4.47 Å². The number of carbonyl (C=O) groups is 1. The van der Waals surface area contributed by atoms with E-state index in [1.165, 1.54) is 19.1 Å². The molecule has 2 nitrogen and oxygen atoms in total. The maximum atomic E-state index is 12.0. The molecule has 0 amide bonds. The smallest absolute Gasteiger partial charge is 0.405 e. The molecule has 0 fully saturated rings. The molecule has 0 aromatic heterocycles. The largest absolute Gasteiger partial charge is 0.573 e. The van der Waals surface area contributed by atoms with E-state index in [1.807, 2.05) is 0 Å². The van der Waals surface area contributed by atoms with Gasteiger partial charge in [-0.3, -0.25) is 4.79 Å². The molecule has 0 saturated heterocycles. The number of hydrogen-bond acceptors (Lipinski definition) is 2. The number of benzene rings is 1. The van der Waals surface area contributed by atoms with Crippen molar-refractivity contribution in [2.24, 2.45) is 0 Å². The molecule has 1 rings (SSSR count). The number of rotatable bonds is 2. The number of alkyl halides is 3. The Morgan fingerprint density at radius 2 is 2.00 bits per heavy atom. The minimum atomic E-state index is -4.80. The quantitative estimate of drug-likeness (QED) is 0.776. The van der Waals surface area contributed by atoms with Crippen LogP contribution in [0.5, 0.6) is 5.75 Å². The van der Waals surface area contributed by atoms with Crippen molar-refractivity contribution in [3.8, 4) is 5.75 Å². The third-order valence-electron chi connectivity index (χ3n) is 1.55. The molecule has 0 atom stereocenters. The van der Waals surface area contributed by atoms with Gasteiger partial charge in [0, 0.05) is 4.47 Å². The monoisotopic (exact) mass is 282 g/mol. The molecule has 1 aromatic carbocycles. The van der Waals surface area contributed by atoms with Gasteiger partial charge in [-0.2, -0.15) is 0 Å². The third-order valence-corrected chi connectivity index (χ3v) is 2.04. The van der Waals surface area contributed by atoms with Crippen LogP contribution in [-0.4, -0.2) is 12.1 Å². The van der Waals surface area contributed by atoms with Crippen LogP contribution in [0.4, 0.5) is 13.2 Å². The van der Waals surface area contributed by atoms with Gasteiger partial charge in [-0.1, -0.05) is 15.9 Å². The SMILES string of the molecule is CC(=O)c1ccc(Br)cc1OC(F)(F)F. The van der Waals surface area contributed by atoms with E-state index < -0.39 is 17.9 Å². The number of ether oxygens (including phenoxy) is 1. The van der Waals surface area contributed by atoms with Gasteiger partial charge in [0.2, 0.25) is 0 Å². The summed E-state index contributed by atoms with van der Waals surface area (Å²) in [7, 11) is 0. The summed E-state index contributed by atoms with van der Waals surface area (Å²) in [5.74, 6) is -0.980. The lowest BCUT2D eigenvalue weighted by atomic mass is 10.1. The van der Waals surface area contributed by atoms with E-state index in [1.54, 1.807) is 0 Å². The Bertz CT molecular complexity index is 387. The van der Waals surface area contributed by atoms with Gasteiger partial charge in [0.05, 0.1) is 5.56 Å². The van der Waals surface area contributed by atoms with Gasteiger partial charge in [-0.05, 0) is 25.1 Å². The maximum absolute atomic E-state index is 12.0. The highest BCUT2D eigenvalue weighted by Gasteiger charge is 2.32. The van der Waals surface area contributed by atoms with E-state index >= 15 is 0 Å². The second-order valence-corrected chi connectivity index (χ2v) is 3.66. The summed E-state index contributed by atoms with van der Waals surface area (Å²) in [5.41, 5.74) is -0.101. The Hall–Kier alpha value is -1.04. The number of carbonyl (C=O) groups excluding carboxylic acids is 1. The van der Waals surface area contributed by atoms with Crippen molar-refractivity contribution in [3.05, 3.63) is 28.2 Å². The highest BCUT2D eigenvalue weighted by atomic mass is 79.9. The predicted molar refractivity (Wildman–Crippen MR) is 50.8 cm³/mol. The second kappa shape index (κ2) is 4.22. The van der Waals surface area contributed by atoms with Gasteiger partial charge in [0.15, 0.2) is 5.78 Å². The highest BCUT2D eigenvalue weighted by Crippen LogP contribution is 2.29. The molecule has 0 bridgehead atoms. The fraction of sp³-hybridized carbons (Fsp3) is 0.222. The van der Waals surface area contributed by atoms with E-state index in [2.05, 4.69) is 20.7 Å². The van der Waals surface area contributed by atoms with Gasteiger partial charge < -0.3 is 4.74 Å². The van der Waals surface area contributed by atoms with Crippen LogP contribution in [0.1, 0.15) is 17.3 Å². The molecular formula is C9H6BrF3O2. The van der Waals surface area contributed by atoms with Crippen LogP contribution in [0.3, 0.4) is 0 Å². The number of halogens is 4. The van der Waals surface area contributed by atoms with Crippen LogP contribution >= 0.6 is 15.9 Å². The number of Topliss-reactive ketones (excluding diaryl/α,β-unsaturated/α-hetero) is 1. The summed E-state index contributed by atoms with van der Waals surface area (Å²) in [4.78, 5) is 11.0. The molecule has 0 aliphatic carbocycles. The van der Waals surface area contributed by atoms with Crippen molar-refractivity contribution < 1.29 is 22.7 Å². The summed E-state index contributed by atoms with van der Waals surface area (Å²) < 4.78 is 40.0. The van der Waals surface area contributed by atoms with E-state index in [0.717, 1.165) is 6.07 Å². The summed E-state index contributed by atoms with van der Waals surface area (Å²) in [6.07, 6.45) is -4.80. The predicted octanol–water partition coefficient (Wildman–Crippen LogP) is 3.55. The fourth-order valence-corrected chi connectivity index (χ4v) is 1.34. The molecule has 0 spiro atoms. The normalized spacial score (nSPS) is 11.3. The summed E-state index contributed by atoms with van der Waals surface area (Å²) in [5, 5.41) is 0. The molecule has 15 heavy (non-hydrogen) atoms. The van der Waals surface area contributed by atoms with E-state index in [-0.39, 0.29) is 5.56 Å². The van der Waals surface area contributed by atoms with Gasteiger partial charge in [0.1, 0.15) is 5.75 Å². The zero-order chi connectivity index (χ0) is 11.6. The van der Waals surface area contributed by atoms with Crippen LogP contribution in [0, 0.1) is 0 Å². The molecule has 0 aliphatic heterocycles. The topological polar surface area (TPSA) is 26.3 Å². The Morgan fingerprint density at radius 1 is 1.40 bits per heavy atom. The van der Waals surface area contributed by atoms with Crippen LogP contribution in [0.25, 0.3) is 0 Å². The maximum Gasteiger partial charge on any atom is 0.573 e. The average Bonchev–Trinajstić information content (AvgIpc) is 1.99. The minimum Gasteiger partial charge on any atom is -0.405 e. The molecule has 0 radical (unpaired) electrons. The summed E-state index contributed by atoms with van der Waals surface area (Å²) in [6.45, 7) is 1.17. The van der Waals surface area contributed by atoms with Gasteiger partial charge in [0.25, 0.3) is 0 Å². The van der Waals surface area contributed by atoms with Crippen molar-refractivity contribution in [2.45, 2.75) is 13.3 Å². The molecule has 1 aromatic rings. The first-order chi connectivity index (χ1) is 6.79. The van der Waals surface area contributed by atoms with E-state index in [9.17, 15) is 18.0 Å². The average molecular weight is 283 g/mol. The van der Waals surface area contributed by atoms with Crippen LogP contribution in [-0.2, 0) is 0 Å². The molecule has 0 unspecified atom stereocenters. The molecule has 0 aliphatic rings. The molecule has 0 N–H and O–H groups in total. The molecule has 82 valence electrons. The molecular weight excluding hydrogens is 277 g/mol. The lowest BCUT2D eigenvalue weighted by Crippen LogP contribution is -2.18. The van der Waals surface area contributed by atoms with Crippen molar-refractivity contribution in [3.63, 3.8) is 0 Å². The van der Waals surface area contributed by atoms with Crippen molar-refractivity contribution >= 4 is 21.7 Å². The standard InChI is InChI=1S/C9H6BrF3O2/c1-5(14)7-3-2-6(10)4-8(7)15-9(11,12)13/h2-4H,1H3. The Kier molecular flexibility index (Phi) is 3.38. The third kappa shape index (κ3) is 3.54. The zero-order valence-corrected chi connectivity index (χ0v) is 9.15. The Balaban J connectivity index is 3.13. The highest BCUT2D eigenvalue weighted by molar-refractivity contribution is 9.10.